The van der Waals surface area contributed by atoms with Gasteiger partial charge in [0.2, 0.25) is 0 Å². The van der Waals surface area contributed by atoms with Crippen molar-refractivity contribution in [1.82, 2.24) is 0 Å². The first-order chi connectivity index (χ1) is 16.2. The Morgan fingerprint density at radius 3 is 0.765 bits per heavy atom. The number of benzene rings is 3. The van der Waals surface area contributed by atoms with E-state index >= 15 is 0 Å². The molecule has 3 N–H and O–H groups in total. The molecule has 0 aromatic heterocycles. The molecule has 3 nitrogen and oxygen atoms in total. The van der Waals surface area contributed by atoms with Crippen molar-refractivity contribution < 1.29 is 14.7 Å². The van der Waals surface area contributed by atoms with Crippen LogP contribution in [0, 0.1) is 20.8 Å². The second-order valence-corrected chi connectivity index (χ2v) is 9.01. The lowest BCUT2D eigenvalue weighted by Gasteiger charge is -1.97. The Labute approximate surface area is 209 Å². The molecule has 0 heterocycles. The zero-order valence-corrected chi connectivity index (χ0v) is 22.9. The van der Waals surface area contributed by atoms with E-state index in [9.17, 15) is 0 Å². The summed E-state index contributed by atoms with van der Waals surface area (Å²) in [6, 6.07) is 26.3. The van der Waals surface area contributed by atoms with Gasteiger partial charge in [0.15, 0.2) is 0 Å². The standard InChI is InChI=1S/3C10H14.H3O3P/c3*1-3-4-10-7-5-9(2)6-8-10;1-4(2)3/h3*5-8H,3-4H2,1-2H3;1-3H. The van der Waals surface area contributed by atoms with Crippen LogP contribution in [-0.4, -0.2) is 14.7 Å². The van der Waals surface area contributed by atoms with Crippen molar-refractivity contribution in [2.75, 3.05) is 0 Å². The summed E-state index contributed by atoms with van der Waals surface area (Å²) < 4.78 is 0. The van der Waals surface area contributed by atoms with Crippen LogP contribution in [0.2, 0.25) is 0 Å². The molecule has 34 heavy (non-hydrogen) atoms. The van der Waals surface area contributed by atoms with Crippen LogP contribution in [0.3, 0.4) is 0 Å². The zero-order valence-electron chi connectivity index (χ0n) is 22.0. The highest BCUT2D eigenvalue weighted by molar-refractivity contribution is 7.38. The Morgan fingerprint density at radius 2 is 0.618 bits per heavy atom. The van der Waals surface area contributed by atoms with E-state index in [1.807, 2.05) is 0 Å². The van der Waals surface area contributed by atoms with Gasteiger partial charge < -0.3 is 14.7 Å². The zero-order chi connectivity index (χ0) is 25.8. The van der Waals surface area contributed by atoms with Crippen LogP contribution in [0.4, 0.5) is 0 Å². The Kier molecular flexibility index (Phi) is 19.1. The molecule has 0 amide bonds. The average molecular weight is 485 g/mol. The van der Waals surface area contributed by atoms with Gasteiger partial charge in [-0.3, -0.25) is 0 Å². The van der Waals surface area contributed by atoms with Gasteiger partial charge in [0, 0.05) is 0 Å². The van der Waals surface area contributed by atoms with E-state index in [1.54, 1.807) is 0 Å². The first-order valence-corrected chi connectivity index (χ1v) is 13.4. The van der Waals surface area contributed by atoms with E-state index < -0.39 is 8.60 Å². The van der Waals surface area contributed by atoms with Crippen LogP contribution in [-0.2, 0) is 19.3 Å². The molecule has 3 aromatic carbocycles. The topological polar surface area (TPSA) is 60.7 Å². The van der Waals surface area contributed by atoms with Crippen LogP contribution < -0.4 is 0 Å². The molecule has 188 valence electrons. The normalized spacial score (nSPS) is 9.71. The van der Waals surface area contributed by atoms with Gasteiger partial charge in [-0.2, -0.15) is 0 Å². The molecule has 0 radical (unpaired) electrons. The fourth-order valence-corrected chi connectivity index (χ4v) is 3.13. The van der Waals surface area contributed by atoms with Gasteiger partial charge in [0.25, 0.3) is 0 Å². The fourth-order valence-electron chi connectivity index (χ4n) is 3.13. The Balaban J connectivity index is 0.000000445. The summed E-state index contributed by atoms with van der Waals surface area (Å²) in [6.07, 6.45) is 7.34. The van der Waals surface area contributed by atoms with Gasteiger partial charge in [-0.15, -0.1) is 0 Å². The first kappa shape index (κ1) is 32.0. The number of hydrogen-bond acceptors (Lipinski definition) is 3. The Bertz CT molecular complexity index is 726. The molecule has 3 aromatic rings. The summed E-state index contributed by atoms with van der Waals surface area (Å²) in [5.41, 5.74) is 8.40. The van der Waals surface area contributed by atoms with Gasteiger partial charge >= 0.3 is 8.60 Å². The minimum Gasteiger partial charge on any atom is -0.328 e. The number of rotatable bonds is 6. The second kappa shape index (κ2) is 20.4. The molecule has 0 saturated heterocycles. The van der Waals surface area contributed by atoms with Gasteiger partial charge in [-0.05, 0) is 56.7 Å². The van der Waals surface area contributed by atoms with E-state index in [0.29, 0.717) is 0 Å². The Morgan fingerprint density at radius 1 is 0.441 bits per heavy atom. The molecule has 0 atom stereocenters. The summed E-state index contributed by atoms with van der Waals surface area (Å²) in [7, 11) is -2.62. The van der Waals surface area contributed by atoms with Crippen molar-refractivity contribution in [3.05, 3.63) is 106 Å². The third-order valence-corrected chi connectivity index (χ3v) is 4.98. The van der Waals surface area contributed by atoms with Crippen LogP contribution >= 0.6 is 8.60 Å². The van der Waals surface area contributed by atoms with Gasteiger partial charge in [-0.1, -0.05) is 130 Å². The smallest absolute Gasteiger partial charge is 0.324 e. The molecule has 0 bridgehead atoms. The van der Waals surface area contributed by atoms with E-state index in [4.69, 9.17) is 14.7 Å². The maximum absolute atomic E-state index is 7.23. The molecule has 0 spiro atoms. The third kappa shape index (κ3) is 18.4. The lowest BCUT2D eigenvalue weighted by Crippen LogP contribution is -1.81. The van der Waals surface area contributed by atoms with E-state index in [-0.39, 0.29) is 0 Å². The van der Waals surface area contributed by atoms with Crippen LogP contribution in [0.15, 0.2) is 72.8 Å². The molecule has 0 unspecified atom stereocenters. The van der Waals surface area contributed by atoms with Crippen LogP contribution in [0.1, 0.15) is 73.4 Å². The minimum atomic E-state index is -2.62. The van der Waals surface area contributed by atoms with E-state index in [0.717, 1.165) is 0 Å². The fraction of sp³-hybridized carbons (Fsp3) is 0.400. The Hall–Kier alpha value is -2.03. The summed E-state index contributed by atoms with van der Waals surface area (Å²) >= 11 is 0. The number of hydrogen-bond donors (Lipinski definition) is 3. The van der Waals surface area contributed by atoms with Crippen molar-refractivity contribution in [1.29, 1.82) is 0 Å². The number of aryl methyl sites for hydroxylation is 6. The van der Waals surface area contributed by atoms with Crippen molar-refractivity contribution in [2.45, 2.75) is 80.1 Å². The minimum absolute atomic E-state index is 1.21. The largest absolute Gasteiger partial charge is 0.328 e. The predicted octanol–water partition coefficient (Wildman–Crippen LogP) is 8.03. The SMILES string of the molecule is CCCc1ccc(C)cc1.CCCc1ccc(C)cc1.CCCc1ccc(C)cc1.OP(O)O. The molecule has 0 aliphatic heterocycles. The average Bonchev–Trinajstić information content (AvgIpc) is 2.80. The van der Waals surface area contributed by atoms with E-state index in [1.165, 1.54) is 71.9 Å². The van der Waals surface area contributed by atoms with E-state index in [2.05, 4.69) is 114 Å². The van der Waals surface area contributed by atoms with Crippen molar-refractivity contribution in [3.8, 4) is 0 Å². The quantitative estimate of drug-likeness (QED) is 0.310. The summed E-state index contributed by atoms with van der Waals surface area (Å²) in [4.78, 5) is 21.7. The van der Waals surface area contributed by atoms with Crippen molar-refractivity contribution in [2.24, 2.45) is 0 Å². The second-order valence-electron chi connectivity index (χ2n) is 8.48. The molecular formula is C30H45O3P. The summed E-state index contributed by atoms with van der Waals surface area (Å²) in [5, 5.41) is 0. The molecule has 0 saturated carbocycles. The summed E-state index contributed by atoms with van der Waals surface area (Å²) in [5.74, 6) is 0. The molecule has 0 aliphatic rings. The third-order valence-electron chi connectivity index (χ3n) is 4.98. The summed E-state index contributed by atoms with van der Waals surface area (Å²) in [6.45, 7) is 13.0. The maximum atomic E-state index is 7.23. The molecule has 4 heteroatoms. The predicted molar refractivity (Wildman–Crippen MR) is 149 cm³/mol. The van der Waals surface area contributed by atoms with Crippen LogP contribution in [0.5, 0.6) is 0 Å². The highest BCUT2D eigenvalue weighted by Gasteiger charge is 1.89. The first-order valence-electron chi connectivity index (χ1n) is 12.2. The molecule has 0 aliphatic carbocycles. The van der Waals surface area contributed by atoms with Crippen molar-refractivity contribution in [3.63, 3.8) is 0 Å². The monoisotopic (exact) mass is 484 g/mol. The molecule has 3 rings (SSSR count). The molecular weight excluding hydrogens is 439 g/mol. The van der Waals surface area contributed by atoms with Gasteiger partial charge in [-0.25, -0.2) is 0 Å². The van der Waals surface area contributed by atoms with Gasteiger partial charge in [0.1, 0.15) is 0 Å². The maximum Gasteiger partial charge on any atom is 0.324 e. The lowest BCUT2D eigenvalue weighted by atomic mass is 10.1. The highest BCUT2D eigenvalue weighted by atomic mass is 31.2. The van der Waals surface area contributed by atoms with Crippen molar-refractivity contribution >= 4 is 8.60 Å². The molecule has 0 fully saturated rings. The van der Waals surface area contributed by atoms with Gasteiger partial charge in [0.05, 0.1) is 0 Å². The van der Waals surface area contributed by atoms with Crippen LogP contribution in [0.25, 0.3) is 0 Å². The highest BCUT2D eigenvalue weighted by Crippen LogP contribution is 2.11. The lowest BCUT2D eigenvalue weighted by molar-refractivity contribution is 0.368.